The molecular formula is C24H26F3N5O2S. The van der Waals surface area contributed by atoms with Crippen LogP contribution in [0, 0.1) is 0 Å². The lowest BCUT2D eigenvalue weighted by molar-refractivity contribution is -0.138. The predicted octanol–water partition coefficient (Wildman–Crippen LogP) is 4.25. The largest absolute Gasteiger partial charge is 0.419 e. The molecule has 3 aromatic rings. The molecule has 186 valence electrons. The lowest BCUT2D eigenvalue weighted by Crippen LogP contribution is -2.26. The first-order chi connectivity index (χ1) is 16.3. The summed E-state index contributed by atoms with van der Waals surface area (Å²) in [4.78, 5) is 23.6. The molecule has 0 aliphatic heterocycles. The number of hydrogen-bond acceptors (Lipinski definition) is 6. The maximum Gasteiger partial charge on any atom is 0.419 e. The van der Waals surface area contributed by atoms with Crippen LogP contribution in [-0.2, 0) is 39.9 Å². The minimum Gasteiger partial charge on any atom is -0.324 e. The van der Waals surface area contributed by atoms with Gasteiger partial charge in [-0.25, -0.2) is 19.2 Å². The number of pyridine rings is 1. The molecule has 2 aromatic heterocycles. The number of carbonyl (C=O) groups is 1. The summed E-state index contributed by atoms with van der Waals surface area (Å²) in [5.41, 5.74) is 0.828. The number of benzene rings is 1. The number of aromatic nitrogens is 3. The van der Waals surface area contributed by atoms with Gasteiger partial charge in [0, 0.05) is 47.5 Å². The number of anilines is 3. The number of Topliss-reactive ketones (excluding diaryl/α,β-unsaturated/α-hetero) is 1. The van der Waals surface area contributed by atoms with Gasteiger partial charge >= 0.3 is 6.18 Å². The van der Waals surface area contributed by atoms with Gasteiger partial charge in [0.1, 0.15) is 11.6 Å². The minimum atomic E-state index is -4.63. The van der Waals surface area contributed by atoms with Crippen LogP contribution in [0.1, 0.15) is 29.3 Å². The fraction of sp³-hybridized carbons (Fsp3) is 0.292. The highest BCUT2D eigenvalue weighted by Crippen LogP contribution is 2.32. The van der Waals surface area contributed by atoms with Crippen molar-refractivity contribution in [3.63, 3.8) is 0 Å². The highest BCUT2D eigenvalue weighted by Gasteiger charge is 2.35. The second-order valence-corrected chi connectivity index (χ2v) is 10.7. The summed E-state index contributed by atoms with van der Waals surface area (Å²) in [6.07, 6.45) is -0.519. The van der Waals surface area contributed by atoms with E-state index in [1.807, 2.05) is 0 Å². The monoisotopic (exact) mass is 505 g/mol. The lowest BCUT2D eigenvalue weighted by Gasteiger charge is -2.22. The van der Waals surface area contributed by atoms with Crippen LogP contribution in [0.5, 0.6) is 0 Å². The third-order valence-corrected chi connectivity index (χ3v) is 6.52. The van der Waals surface area contributed by atoms with Gasteiger partial charge in [0.25, 0.3) is 0 Å². The molecule has 3 rings (SSSR count). The Morgan fingerprint density at radius 2 is 1.91 bits per heavy atom. The summed E-state index contributed by atoms with van der Waals surface area (Å²) < 4.78 is 54.8. The molecule has 1 unspecified atom stereocenters. The maximum atomic E-state index is 13.7. The fourth-order valence-electron chi connectivity index (χ4n) is 3.43. The van der Waals surface area contributed by atoms with Crippen molar-refractivity contribution in [3.8, 4) is 0 Å². The Labute approximate surface area is 202 Å². The van der Waals surface area contributed by atoms with E-state index in [2.05, 4.69) is 26.1 Å². The average Bonchev–Trinajstić information content (AvgIpc) is 2.76. The van der Waals surface area contributed by atoms with E-state index in [1.165, 1.54) is 23.7 Å². The normalized spacial score (nSPS) is 13.2. The standard InChI is InChI=1S/C24H26F3N5O2S/c1-16(33)13-17-7-5-9-19(14-17)30-23-29-15-20(24(25,26)27)21(31-23)11-10-18-8-6-12-28-22(18)32(2)35(3,4)34/h5-9,12,14-15H,3,10-11,13H2,1-2,4H3,(H,29,30,31). The minimum absolute atomic E-state index is 0.00541. The van der Waals surface area contributed by atoms with Gasteiger partial charge in [0.2, 0.25) is 5.95 Å². The molecule has 1 atom stereocenters. The van der Waals surface area contributed by atoms with Crippen molar-refractivity contribution in [1.82, 2.24) is 15.0 Å². The Morgan fingerprint density at radius 1 is 1.17 bits per heavy atom. The van der Waals surface area contributed by atoms with Gasteiger partial charge in [0.05, 0.1) is 11.3 Å². The van der Waals surface area contributed by atoms with E-state index < -0.39 is 21.4 Å². The van der Waals surface area contributed by atoms with Gasteiger partial charge in [0.15, 0.2) is 0 Å². The van der Waals surface area contributed by atoms with Gasteiger partial charge in [-0.05, 0) is 55.0 Å². The zero-order chi connectivity index (χ0) is 25.8. The number of nitrogens with zero attached hydrogens (tertiary/aromatic N) is 4. The van der Waals surface area contributed by atoms with Crippen molar-refractivity contribution in [1.29, 1.82) is 0 Å². The van der Waals surface area contributed by atoms with Gasteiger partial charge in [-0.2, -0.15) is 13.2 Å². The zero-order valence-electron chi connectivity index (χ0n) is 19.6. The molecule has 0 spiro atoms. The molecule has 0 radical (unpaired) electrons. The molecular weight excluding hydrogens is 479 g/mol. The number of halogens is 3. The molecule has 2 heterocycles. The van der Waals surface area contributed by atoms with E-state index in [0.29, 0.717) is 17.1 Å². The first-order valence-electron chi connectivity index (χ1n) is 10.6. The van der Waals surface area contributed by atoms with Crippen molar-refractivity contribution in [2.45, 2.75) is 32.4 Å². The van der Waals surface area contributed by atoms with Crippen molar-refractivity contribution < 1.29 is 22.2 Å². The molecule has 35 heavy (non-hydrogen) atoms. The SMILES string of the molecule is C=S(C)(=O)N(C)c1ncccc1CCc1nc(Nc2cccc(CC(C)=O)c2)ncc1C(F)(F)F. The molecule has 0 aliphatic carbocycles. The van der Waals surface area contributed by atoms with E-state index in [9.17, 15) is 22.2 Å². The molecule has 0 bridgehead atoms. The highest BCUT2D eigenvalue weighted by atomic mass is 32.2. The van der Waals surface area contributed by atoms with Crippen molar-refractivity contribution in [2.75, 3.05) is 22.9 Å². The Hall–Kier alpha value is -3.47. The van der Waals surface area contributed by atoms with Crippen molar-refractivity contribution in [3.05, 3.63) is 71.2 Å². The highest BCUT2D eigenvalue weighted by molar-refractivity contribution is 8.00. The number of hydrogen-bond donors (Lipinski definition) is 1. The summed E-state index contributed by atoms with van der Waals surface area (Å²) in [7, 11) is -1.03. The second kappa shape index (κ2) is 10.4. The first-order valence-corrected chi connectivity index (χ1v) is 12.7. The third kappa shape index (κ3) is 7.01. The van der Waals surface area contributed by atoms with Crippen LogP contribution in [-0.4, -0.2) is 44.1 Å². The smallest absolute Gasteiger partial charge is 0.324 e. The number of aryl methyl sites for hydroxylation is 2. The van der Waals surface area contributed by atoms with Crippen LogP contribution in [0.3, 0.4) is 0 Å². The van der Waals surface area contributed by atoms with E-state index in [0.717, 1.165) is 11.8 Å². The lowest BCUT2D eigenvalue weighted by atomic mass is 10.1. The molecule has 0 saturated carbocycles. The van der Waals surface area contributed by atoms with Crippen LogP contribution in [0.4, 0.5) is 30.6 Å². The molecule has 0 aliphatic rings. The predicted molar refractivity (Wildman–Crippen MR) is 132 cm³/mol. The van der Waals surface area contributed by atoms with Gasteiger partial charge < -0.3 is 5.32 Å². The molecule has 0 saturated heterocycles. The second-order valence-electron chi connectivity index (χ2n) is 8.20. The van der Waals surface area contributed by atoms with Gasteiger partial charge in [-0.1, -0.05) is 18.2 Å². The van der Waals surface area contributed by atoms with E-state index in [1.54, 1.807) is 43.4 Å². The molecule has 0 fully saturated rings. The Kier molecular flexibility index (Phi) is 7.79. The Morgan fingerprint density at radius 3 is 2.57 bits per heavy atom. The fourth-order valence-corrected chi connectivity index (χ4v) is 3.96. The number of ketones is 1. The van der Waals surface area contributed by atoms with E-state index in [4.69, 9.17) is 0 Å². The Bertz CT molecular complexity index is 1330. The van der Waals surface area contributed by atoms with E-state index >= 15 is 0 Å². The number of nitrogens with one attached hydrogen (secondary N) is 1. The molecule has 11 heteroatoms. The van der Waals surface area contributed by atoms with Gasteiger partial charge in [-0.15, -0.1) is 0 Å². The Balaban J connectivity index is 1.90. The third-order valence-electron chi connectivity index (χ3n) is 5.19. The van der Waals surface area contributed by atoms with Gasteiger partial charge in [-0.3, -0.25) is 9.10 Å². The van der Waals surface area contributed by atoms with Crippen LogP contribution >= 0.6 is 0 Å². The molecule has 1 aromatic carbocycles. The molecule has 7 nitrogen and oxygen atoms in total. The quantitative estimate of drug-likeness (QED) is 0.438. The van der Waals surface area contributed by atoms with Crippen LogP contribution in [0.25, 0.3) is 0 Å². The summed E-state index contributed by atoms with van der Waals surface area (Å²) in [6.45, 7) is 1.48. The van der Waals surface area contributed by atoms with Crippen molar-refractivity contribution in [2.24, 2.45) is 0 Å². The van der Waals surface area contributed by atoms with Crippen LogP contribution in [0.2, 0.25) is 0 Å². The topological polar surface area (TPSA) is 88.1 Å². The number of carbonyl (C=O) groups excluding carboxylic acids is 1. The molecule has 0 amide bonds. The van der Waals surface area contributed by atoms with E-state index in [-0.39, 0.29) is 36.7 Å². The summed E-state index contributed by atoms with van der Waals surface area (Å²) in [5, 5.41) is 2.92. The maximum absolute atomic E-state index is 13.7. The first kappa shape index (κ1) is 26.1. The summed E-state index contributed by atoms with van der Waals surface area (Å²) in [6, 6.07) is 10.3. The number of rotatable bonds is 9. The summed E-state index contributed by atoms with van der Waals surface area (Å²) in [5.74, 6) is 4.03. The zero-order valence-corrected chi connectivity index (χ0v) is 20.4. The summed E-state index contributed by atoms with van der Waals surface area (Å²) >= 11 is 0. The van der Waals surface area contributed by atoms with Crippen molar-refractivity contribution >= 4 is 38.8 Å². The average molecular weight is 506 g/mol. The number of alkyl halides is 3. The molecule has 1 N–H and O–H groups in total. The van der Waals surface area contributed by atoms with Crippen LogP contribution < -0.4 is 9.62 Å². The van der Waals surface area contributed by atoms with Crippen LogP contribution in [0.15, 0.2) is 48.8 Å².